The molecule has 0 amide bonds. The van der Waals surface area contributed by atoms with E-state index in [2.05, 4.69) is 32.3 Å². The molecule has 0 unspecified atom stereocenters. The molecule has 1 aromatic carbocycles. The number of likely N-dealkylation sites (tertiary alicyclic amines) is 1. The second-order valence-electron chi connectivity index (χ2n) is 5.87. The average Bonchev–Trinajstić information content (AvgIpc) is 2.62. The molecule has 23 heavy (non-hydrogen) atoms. The smallest absolute Gasteiger partial charge is 0.173 e. The van der Waals surface area contributed by atoms with Crippen LogP contribution in [0.5, 0.6) is 0 Å². The van der Waals surface area contributed by atoms with E-state index in [1.807, 2.05) is 30.6 Å². The predicted molar refractivity (Wildman–Crippen MR) is 98.7 cm³/mol. The van der Waals surface area contributed by atoms with E-state index in [4.69, 9.17) is 12.2 Å². The number of nitrogens with zero attached hydrogens (tertiary/aromatic N) is 3. The monoisotopic (exact) mass is 322 g/mol. The number of nitrogens with one attached hydrogen (secondary N) is 1. The topological polar surface area (TPSA) is 41.1 Å². The third kappa shape index (κ3) is 2.72. The van der Waals surface area contributed by atoms with Gasteiger partial charge in [0.05, 0.1) is 16.7 Å². The SMILES string of the molecule is S=C(Nc1cc2ncccc2c2cccnc12)N1CCCCC1. The quantitative estimate of drug-likeness (QED) is 0.542. The summed E-state index contributed by atoms with van der Waals surface area (Å²) in [5.74, 6) is 0. The van der Waals surface area contributed by atoms with Gasteiger partial charge in [-0.15, -0.1) is 0 Å². The minimum Gasteiger partial charge on any atom is -0.349 e. The molecule has 1 N–H and O–H groups in total. The summed E-state index contributed by atoms with van der Waals surface area (Å²) in [6.45, 7) is 2.06. The van der Waals surface area contributed by atoms with Crippen LogP contribution in [-0.2, 0) is 0 Å². The first-order valence-electron chi connectivity index (χ1n) is 8.01. The third-order valence-corrected chi connectivity index (χ3v) is 4.72. The Balaban J connectivity index is 1.77. The maximum atomic E-state index is 5.61. The molecular weight excluding hydrogens is 304 g/mol. The molecule has 0 aliphatic carbocycles. The number of fused-ring (bicyclic) bond motifs is 3. The molecule has 5 heteroatoms. The zero-order valence-electron chi connectivity index (χ0n) is 12.8. The summed E-state index contributed by atoms with van der Waals surface area (Å²) >= 11 is 5.61. The Morgan fingerprint density at radius 2 is 1.74 bits per heavy atom. The number of anilines is 1. The van der Waals surface area contributed by atoms with Crippen molar-refractivity contribution in [1.82, 2.24) is 14.9 Å². The number of aromatic nitrogens is 2. The first-order chi connectivity index (χ1) is 11.3. The molecule has 2 aromatic heterocycles. The molecule has 0 spiro atoms. The van der Waals surface area contributed by atoms with Crippen molar-refractivity contribution in [3.8, 4) is 0 Å². The largest absolute Gasteiger partial charge is 0.349 e. The summed E-state index contributed by atoms with van der Waals surface area (Å²) in [7, 11) is 0. The van der Waals surface area contributed by atoms with Gasteiger partial charge in [0.15, 0.2) is 5.11 Å². The van der Waals surface area contributed by atoms with Crippen molar-refractivity contribution in [1.29, 1.82) is 0 Å². The lowest BCUT2D eigenvalue weighted by Crippen LogP contribution is -2.38. The normalized spacial score (nSPS) is 15.0. The van der Waals surface area contributed by atoms with Gasteiger partial charge in [0.2, 0.25) is 0 Å². The molecule has 0 bridgehead atoms. The van der Waals surface area contributed by atoms with Gasteiger partial charge in [-0.25, -0.2) is 0 Å². The highest BCUT2D eigenvalue weighted by atomic mass is 32.1. The van der Waals surface area contributed by atoms with E-state index in [1.54, 1.807) is 0 Å². The van der Waals surface area contributed by atoms with Crippen molar-refractivity contribution in [2.24, 2.45) is 0 Å². The first kappa shape index (κ1) is 14.3. The Morgan fingerprint density at radius 3 is 2.57 bits per heavy atom. The Labute approximate surface area is 140 Å². The number of thiocarbonyl (C=S) groups is 1. The fourth-order valence-corrected chi connectivity index (χ4v) is 3.48. The van der Waals surface area contributed by atoms with Gasteiger partial charge >= 0.3 is 0 Å². The van der Waals surface area contributed by atoms with Crippen LogP contribution in [0.25, 0.3) is 21.8 Å². The molecule has 4 nitrogen and oxygen atoms in total. The number of benzene rings is 1. The molecule has 3 heterocycles. The highest BCUT2D eigenvalue weighted by molar-refractivity contribution is 7.80. The number of hydrogen-bond donors (Lipinski definition) is 1. The minimum absolute atomic E-state index is 0.784. The molecular formula is C18H18N4S. The Hall–Kier alpha value is -2.27. The molecule has 1 aliphatic rings. The van der Waals surface area contributed by atoms with Crippen molar-refractivity contribution < 1.29 is 0 Å². The van der Waals surface area contributed by atoms with E-state index in [0.29, 0.717) is 0 Å². The molecule has 116 valence electrons. The molecule has 0 atom stereocenters. The van der Waals surface area contributed by atoms with Gasteiger partial charge in [-0.3, -0.25) is 9.97 Å². The molecule has 1 aliphatic heterocycles. The van der Waals surface area contributed by atoms with E-state index in [1.165, 1.54) is 19.3 Å². The average molecular weight is 322 g/mol. The highest BCUT2D eigenvalue weighted by Crippen LogP contribution is 2.29. The van der Waals surface area contributed by atoms with Crippen molar-refractivity contribution >= 4 is 44.8 Å². The maximum absolute atomic E-state index is 5.61. The van der Waals surface area contributed by atoms with E-state index in [0.717, 1.165) is 45.7 Å². The summed E-state index contributed by atoms with van der Waals surface area (Å²) in [4.78, 5) is 11.3. The Morgan fingerprint density at radius 1 is 1.00 bits per heavy atom. The summed E-state index contributed by atoms with van der Waals surface area (Å²) in [5, 5.41) is 6.40. The van der Waals surface area contributed by atoms with Crippen LogP contribution in [-0.4, -0.2) is 33.1 Å². The summed E-state index contributed by atoms with van der Waals surface area (Å²) < 4.78 is 0. The van der Waals surface area contributed by atoms with Crippen molar-refractivity contribution in [3.05, 3.63) is 42.7 Å². The highest BCUT2D eigenvalue weighted by Gasteiger charge is 2.15. The maximum Gasteiger partial charge on any atom is 0.173 e. The molecule has 4 rings (SSSR count). The Bertz CT molecular complexity index is 871. The van der Waals surface area contributed by atoms with Crippen LogP contribution in [0.4, 0.5) is 5.69 Å². The van der Waals surface area contributed by atoms with Gasteiger partial charge in [0, 0.05) is 36.3 Å². The van der Waals surface area contributed by atoms with Gasteiger partial charge in [0.25, 0.3) is 0 Å². The van der Waals surface area contributed by atoms with Crippen molar-refractivity contribution in [2.75, 3.05) is 18.4 Å². The van der Waals surface area contributed by atoms with Crippen LogP contribution < -0.4 is 5.32 Å². The van der Waals surface area contributed by atoms with Crippen LogP contribution in [0.2, 0.25) is 0 Å². The van der Waals surface area contributed by atoms with Crippen LogP contribution in [0.15, 0.2) is 42.7 Å². The third-order valence-electron chi connectivity index (χ3n) is 4.36. The van der Waals surface area contributed by atoms with Gasteiger partial charge in [0.1, 0.15) is 0 Å². The summed E-state index contributed by atoms with van der Waals surface area (Å²) in [5.41, 5.74) is 2.83. The zero-order valence-corrected chi connectivity index (χ0v) is 13.6. The number of hydrogen-bond acceptors (Lipinski definition) is 3. The van der Waals surface area contributed by atoms with E-state index < -0.39 is 0 Å². The van der Waals surface area contributed by atoms with Crippen molar-refractivity contribution in [3.63, 3.8) is 0 Å². The van der Waals surface area contributed by atoms with Crippen LogP contribution in [0, 0.1) is 0 Å². The van der Waals surface area contributed by atoms with E-state index in [-0.39, 0.29) is 0 Å². The summed E-state index contributed by atoms with van der Waals surface area (Å²) in [6.07, 6.45) is 7.35. The second-order valence-corrected chi connectivity index (χ2v) is 6.26. The van der Waals surface area contributed by atoms with Gasteiger partial charge in [-0.2, -0.15) is 0 Å². The van der Waals surface area contributed by atoms with Crippen LogP contribution in [0.1, 0.15) is 19.3 Å². The number of piperidine rings is 1. The second kappa shape index (κ2) is 6.08. The fraction of sp³-hybridized carbons (Fsp3) is 0.278. The van der Waals surface area contributed by atoms with Gasteiger partial charge in [-0.1, -0.05) is 12.1 Å². The van der Waals surface area contributed by atoms with Gasteiger partial charge < -0.3 is 10.2 Å². The lowest BCUT2D eigenvalue weighted by molar-refractivity contribution is 0.346. The first-order valence-corrected chi connectivity index (χ1v) is 8.42. The molecule has 3 aromatic rings. The lowest BCUT2D eigenvalue weighted by atomic mass is 10.1. The van der Waals surface area contributed by atoms with Gasteiger partial charge in [-0.05, 0) is 49.7 Å². The standard InChI is InChI=1S/C18H18N4S/c23-18(22-10-2-1-3-11-22)21-16-12-15-13(6-4-8-19-15)14-7-5-9-20-17(14)16/h4-9,12H,1-3,10-11H2,(H,21,23). The van der Waals surface area contributed by atoms with E-state index in [9.17, 15) is 0 Å². The molecule has 1 fully saturated rings. The minimum atomic E-state index is 0.784. The zero-order chi connectivity index (χ0) is 15.6. The molecule has 1 saturated heterocycles. The van der Waals surface area contributed by atoms with Crippen LogP contribution in [0.3, 0.4) is 0 Å². The van der Waals surface area contributed by atoms with Crippen molar-refractivity contribution in [2.45, 2.75) is 19.3 Å². The number of pyridine rings is 2. The van der Waals surface area contributed by atoms with E-state index >= 15 is 0 Å². The lowest BCUT2D eigenvalue weighted by Gasteiger charge is -2.29. The summed E-state index contributed by atoms with van der Waals surface area (Å²) in [6, 6.07) is 10.1. The Kier molecular flexibility index (Phi) is 3.79. The van der Waals surface area contributed by atoms with Crippen LogP contribution >= 0.6 is 12.2 Å². The fourth-order valence-electron chi connectivity index (χ4n) is 3.19. The molecule has 0 radical (unpaired) electrons. The predicted octanol–water partition coefficient (Wildman–Crippen LogP) is 3.97. The number of rotatable bonds is 1. The molecule has 0 saturated carbocycles.